The van der Waals surface area contributed by atoms with Crippen molar-refractivity contribution in [3.63, 3.8) is 0 Å². The third-order valence-electron chi connectivity index (χ3n) is 4.80. The van der Waals surface area contributed by atoms with E-state index in [1.165, 1.54) is 5.56 Å². The number of aryl methyl sites for hydroxylation is 2. The highest BCUT2D eigenvalue weighted by Gasteiger charge is 2.25. The van der Waals surface area contributed by atoms with E-state index >= 15 is 0 Å². The molecule has 1 fully saturated rings. The van der Waals surface area contributed by atoms with Crippen molar-refractivity contribution in [2.75, 3.05) is 36.0 Å². The van der Waals surface area contributed by atoms with Crippen molar-refractivity contribution in [1.29, 1.82) is 0 Å². The van der Waals surface area contributed by atoms with Crippen LogP contribution in [0.5, 0.6) is 0 Å². The minimum Gasteiger partial charge on any atom is -0.367 e. The fourth-order valence-electron chi connectivity index (χ4n) is 3.51. The Balaban J connectivity index is 1.62. The number of aromatic nitrogens is 2. The Morgan fingerprint density at radius 1 is 1.04 bits per heavy atom. The number of hydrogen-bond donors (Lipinski definition) is 1. The summed E-state index contributed by atoms with van der Waals surface area (Å²) in [4.78, 5) is 14.8. The van der Waals surface area contributed by atoms with Gasteiger partial charge in [-0.05, 0) is 36.9 Å². The van der Waals surface area contributed by atoms with Gasteiger partial charge in [0.1, 0.15) is 21.4 Å². The second-order valence-electron chi connectivity index (χ2n) is 6.68. The number of hydrogen-bond acceptors (Lipinski definition) is 7. The number of benzene rings is 1. The normalized spacial score (nSPS) is 15.5. The maximum atomic E-state index is 11.9. The van der Waals surface area contributed by atoms with Crippen LogP contribution in [0.4, 0.5) is 11.5 Å². The van der Waals surface area contributed by atoms with Crippen LogP contribution in [0, 0.1) is 13.8 Å². The van der Waals surface area contributed by atoms with Crippen molar-refractivity contribution in [2.45, 2.75) is 18.7 Å². The first-order chi connectivity index (χ1) is 12.8. The Labute approximate surface area is 162 Å². The third kappa shape index (κ3) is 3.38. The van der Waals surface area contributed by atoms with E-state index in [1.54, 1.807) is 23.5 Å². The standard InChI is InChI=1S/C18H21N5O2S2/c1-12-11-26-18-16(12)17(20-13(2)21-18)23-9-7-22(8-10-23)14-5-3-4-6-15(14)27(19,24)25/h3-6,11H,7-10H2,1-2H3,(H2,19,24,25). The predicted molar refractivity (Wildman–Crippen MR) is 109 cm³/mol. The van der Waals surface area contributed by atoms with Crippen LogP contribution in [0.1, 0.15) is 11.4 Å². The molecule has 142 valence electrons. The molecule has 0 radical (unpaired) electrons. The van der Waals surface area contributed by atoms with Gasteiger partial charge in [-0.2, -0.15) is 0 Å². The highest BCUT2D eigenvalue weighted by atomic mass is 32.2. The summed E-state index contributed by atoms with van der Waals surface area (Å²) in [6.45, 7) is 6.89. The van der Waals surface area contributed by atoms with Gasteiger partial charge in [-0.15, -0.1) is 11.3 Å². The molecule has 1 aliphatic rings. The Bertz CT molecular complexity index is 1100. The second-order valence-corrected chi connectivity index (χ2v) is 9.07. The molecule has 27 heavy (non-hydrogen) atoms. The van der Waals surface area contributed by atoms with Gasteiger partial charge in [-0.3, -0.25) is 0 Å². The maximum absolute atomic E-state index is 11.9. The fourth-order valence-corrected chi connectivity index (χ4v) is 5.23. The summed E-state index contributed by atoms with van der Waals surface area (Å²) in [5.74, 6) is 1.73. The minimum absolute atomic E-state index is 0.174. The van der Waals surface area contributed by atoms with E-state index in [1.807, 2.05) is 19.1 Å². The number of primary sulfonamides is 1. The number of sulfonamides is 1. The van der Waals surface area contributed by atoms with Gasteiger partial charge in [-0.25, -0.2) is 23.5 Å². The SMILES string of the molecule is Cc1nc(N2CCN(c3ccccc3S(N)(=O)=O)CC2)c2c(C)csc2n1. The maximum Gasteiger partial charge on any atom is 0.240 e. The van der Waals surface area contributed by atoms with E-state index in [0.717, 1.165) is 34.9 Å². The molecular formula is C18H21N5O2S2. The first-order valence-electron chi connectivity index (χ1n) is 8.69. The molecule has 0 atom stereocenters. The van der Waals surface area contributed by atoms with E-state index in [2.05, 4.69) is 27.1 Å². The molecule has 0 saturated carbocycles. The number of piperazine rings is 1. The van der Waals surface area contributed by atoms with Crippen molar-refractivity contribution in [2.24, 2.45) is 5.14 Å². The molecule has 3 aromatic rings. The summed E-state index contributed by atoms with van der Waals surface area (Å²) in [7, 11) is -3.76. The molecule has 0 bridgehead atoms. The van der Waals surface area contributed by atoms with Gasteiger partial charge >= 0.3 is 0 Å². The van der Waals surface area contributed by atoms with Gasteiger partial charge in [0.25, 0.3) is 0 Å². The predicted octanol–water partition coefficient (Wildman–Crippen LogP) is 2.28. The molecule has 0 aliphatic carbocycles. The number of nitrogens with zero attached hydrogens (tertiary/aromatic N) is 4. The van der Waals surface area contributed by atoms with Crippen LogP contribution in [0.25, 0.3) is 10.2 Å². The van der Waals surface area contributed by atoms with Crippen LogP contribution in [-0.2, 0) is 10.0 Å². The van der Waals surface area contributed by atoms with E-state index in [0.29, 0.717) is 18.8 Å². The Kier molecular flexibility index (Phi) is 4.53. The van der Waals surface area contributed by atoms with Gasteiger partial charge in [-0.1, -0.05) is 12.1 Å². The molecule has 4 rings (SSSR count). The topological polar surface area (TPSA) is 92.4 Å². The lowest BCUT2D eigenvalue weighted by molar-refractivity contribution is 0.595. The van der Waals surface area contributed by atoms with Crippen LogP contribution in [0.2, 0.25) is 0 Å². The highest BCUT2D eigenvalue weighted by Crippen LogP contribution is 2.33. The number of fused-ring (bicyclic) bond motifs is 1. The lowest BCUT2D eigenvalue weighted by Crippen LogP contribution is -2.47. The number of thiophene rings is 1. The third-order valence-corrected chi connectivity index (χ3v) is 6.75. The molecule has 0 unspecified atom stereocenters. The summed E-state index contributed by atoms with van der Waals surface area (Å²) in [6.07, 6.45) is 0. The van der Waals surface area contributed by atoms with E-state index in [9.17, 15) is 8.42 Å². The average Bonchev–Trinajstić information content (AvgIpc) is 3.01. The summed E-state index contributed by atoms with van der Waals surface area (Å²) in [6, 6.07) is 6.90. The summed E-state index contributed by atoms with van der Waals surface area (Å²) >= 11 is 1.64. The monoisotopic (exact) mass is 403 g/mol. The Hall–Kier alpha value is -2.23. The zero-order valence-corrected chi connectivity index (χ0v) is 16.8. The number of rotatable bonds is 3. The number of nitrogens with two attached hydrogens (primary N) is 1. The Morgan fingerprint density at radius 2 is 1.70 bits per heavy atom. The molecule has 2 N–H and O–H groups in total. The Morgan fingerprint density at radius 3 is 2.41 bits per heavy atom. The van der Waals surface area contributed by atoms with Gasteiger partial charge in [0.15, 0.2) is 0 Å². The van der Waals surface area contributed by atoms with E-state index < -0.39 is 10.0 Å². The second kappa shape index (κ2) is 6.74. The van der Waals surface area contributed by atoms with Gasteiger partial charge in [0.2, 0.25) is 10.0 Å². The summed E-state index contributed by atoms with van der Waals surface area (Å²) in [5.41, 5.74) is 1.85. The first-order valence-corrected chi connectivity index (χ1v) is 11.1. The number of anilines is 2. The zero-order chi connectivity index (χ0) is 19.2. The van der Waals surface area contributed by atoms with Crippen molar-refractivity contribution < 1.29 is 8.42 Å². The molecule has 1 aromatic carbocycles. The minimum atomic E-state index is -3.76. The smallest absolute Gasteiger partial charge is 0.240 e. The van der Waals surface area contributed by atoms with Crippen LogP contribution < -0.4 is 14.9 Å². The molecular weight excluding hydrogens is 382 g/mol. The van der Waals surface area contributed by atoms with Crippen molar-refractivity contribution in [3.8, 4) is 0 Å². The molecule has 9 heteroatoms. The molecule has 2 aromatic heterocycles. The van der Waals surface area contributed by atoms with Crippen LogP contribution in [0.3, 0.4) is 0 Å². The van der Waals surface area contributed by atoms with E-state index in [4.69, 9.17) is 10.1 Å². The molecule has 0 amide bonds. The summed E-state index contributed by atoms with van der Waals surface area (Å²) < 4.78 is 23.8. The van der Waals surface area contributed by atoms with Gasteiger partial charge in [0, 0.05) is 26.2 Å². The van der Waals surface area contributed by atoms with Crippen LogP contribution in [0.15, 0.2) is 34.5 Å². The fraction of sp³-hybridized carbons (Fsp3) is 0.333. The number of para-hydroxylation sites is 1. The molecule has 1 aliphatic heterocycles. The quantitative estimate of drug-likeness (QED) is 0.721. The van der Waals surface area contributed by atoms with E-state index in [-0.39, 0.29) is 4.90 Å². The van der Waals surface area contributed by atoms with Crippen molar-refractivity contribution >= 4 is 43.1 Å². The lowest BCUT2D eigenvalue weighted by atomic mass is 10.2. The summed E-state index contributed by atoms with van der Waals surface area (Å²) in [5, 5.41) is 8.61. The lowest BCUT2D eigenvalue weighted by Gasteiger charge is -2.37. The van der Waals surface area contributed by atoms with Gasteiger partial charge < -0.3 is 9.80 Å². The van der Waals surface area contributed by atoms with Crippen LogP contribution >= 0.6 is 11.3 Å². The van der Waals surface area contributed by atoms with Crippen molar-refractivity contribution in [3.05, 3.63) is 41.0 Å². The van der Waals surface area contributed by atoms with Crippen molar-refractivity contribution in [1.82, 2.24) is 9.97 Å². The first kappa shape index (κ1) is 18.1. The zero-order valence-electron chi connectivity index (χ0n) is 15.2. The largest absolute Gasteiger partial charge is 0.367 e. The highest BCUT2D eigenvalue weighted by molar-refractivity contribution is 7.89. The van der Waals surface area contributed by atoms with Crippen LogP contribution in [-0.4, -0.2) is 44.6 Å². The molecule has 7 nitrogen and oxygen atoms in total. The molecule has 3 heterocycles. The average molecular weight is 404 g/mol. The van der Waals surface area contributed by atoms with Gasteiger partial charge in [0.05, 0.1) is 11.1 Å². The molecule has 0 spiro atoms. The molecule has 1 saturated heterocycles.